The number of anilines is 2. The van der Waals surface area contributed by atoms with Crippen LogP contribution in [0.3, 0.4) is 0 Å². The molecule has 0 spiro atoms. The first-order valence-electron chi connectivity index (χ1n) is 11.3. The molecular formula is C26H30N4O4. The van der Waals surface area contributed by atoms with E-state index < -0.39 is 0 Å². The smallest absolute Gasteiger partial charge is 0.255 e. The Hall–Kier alpha value is -3.78. The van der Waals surface area contributed by atoms with Crippen LogP contribution in [0.25, 0.3) is 0 Å². The Morgan fingerprint density at radius 3 is 2.26 bits per heavy atom. The van der Waals surface area contributed by atoms with Gasteiger partial charge in [0.1, 0.15) is 11.5 Å². The van der Waals surface area contributed by atoms with Crippen molar-refractivity contribution in [3.05, 3.63) is 72.1 Å². The number of nitrogens with one attached hydrogen (secondary N) is 2. The summed E-state index contributed by atoms with van der Waals surface area (Å²) in [6.07, 6.45) is 4.11. The van der Waals surface area contributed by atoms with E-state index in [4.69, 9.17) is 9.47 Å². The van der Waals surface area contributed by atoms with Gasteiger partial charge in [0, 0.05) is 36.6 Å². The van der Waals surface area contributed by atoms with Crippen LogP contribution in [0.4, 0.5) is 11.4 Å². The number of hydrogen-bond acceptors (Lipinski definition) is 5. The van der Waals surface area contributed by atoms with Crippen molar-refractivity contribution in [1.82, 2.24) is 9.47 Å². The van der Waals surface area contributed by atoms with Gasteiger partial charge in [0.2, 0.25) is 5.91 Å². The highest BCUT2D eigenvalue weighted by atomic mass is 16.5. The molecule has 0 radical (unpaired) electrons. The predicted molar refractivity (Wildman–Crippen MR) is 132 cm³/mol. The van der Waals surface area contributed by atoms with Crippen molar-refractivity contribution in [1.29, 1.82) is 0 Å². The van der Waals surface area contributed by atoms with E-state index in [1.807, 2.05) is 25.4 Å². The summed E-state index contributed by atoms with van der Waals surface area (Å²) in [6, 6.07) is 16.6. The second-order valence-electron chi connectivity index (χ2n) is 8.29. The summed E-state index contributed by atoms with van der Waals surface area (Å²) in [6.45, 7) is 1.14. The van der Waals surface area contributed by atoms with Crippen LogP contribution >= 0.6 is 0 Å². The molecule has 8 heteroatoms. The van der Waals surface area contributed by atoms with Gasteiger partial charge in [-0.25, -0.2) is 0 Å². The Bertz CT molecular complexity index is 1160. The van der Waals surface area contributed by atoms with Crippen LogP contribution in [0.1, 0.15) is 34.9 Å². The van der Waals surface area contributed by atoms with E-state index in [-0.39, 0.29) is 24.4 Å². The Labute approximate surface area is 199 Å². The van der Waals surface area contributed by atoms with Gasteiger partial charge in [-0.05, 0) is 43.7 Å². The lowest BCUT2D eigenvalue weighted by Crippen LogP contribution is -2.33. The third-order valence-electron chi connectivity index (χ3n) is 6.12. The SMILES string of the molecule is COc1cc(NC(=O)c2ccccc2)c(OC)cc1NC(=O)CN1CCC[C@@H]1c1cccn1C. The minimum Gasteiger partial charge on any atom is -0.494 e. The van der Waals surface area contributed by atoms with E-state index in [1.165, 1.54) is 19.9 Å². The maximum atomic E-state index is 13.0. The van der Waals surface area contributed by atoms with Crippen molar-refractivity contribution >= 4 is 23.2 Å². The molecule has 2 amide bonds. The normalized spacial score (nSPS) is 15.7. The van der Waals surface area contributed by atoms with Crippen LogP contribution in [0.5, 0.6) is 11.5 Å². The average Bonchev–Trinajstić information content (AvgIpc) is 3.48. The quantitative estimate of drug-likeness (QED) is 0.527. The van der Waals surface area contributed by atoms with Crippen molar-refractivity contribution in [2.45, 2.75) is 18.9 Å². The van der Waals surface area contributed by atoms with Crippen LogP contribution in [0.15, 0.2) is 60.8 Å². The number of carbonyl (C=O) groups excluding carboxylic acids is 2. The Morgan fingerprint density at radius 1 is 0.971 bits per heavy atom. The molecule has 3 aromatic rings. The van der Waals surface area contributed by atoms with Crippen molar-refractivity contribution in [2.75, 3.05) is 37.9 Å². The highest BCUT2D eigenvalue weighted by molar-refractivity contribution is 6.05. The Morgan fingerprint density at radius 2 is 1.65 bits per heavy atom. The first-order valence-corrected chi connectivity index (χ1v) is 11.3. The van der Waals surface area contributed by atoms with Crippen LogP contribution in [0.2, 0.25) is 0 Å². The topological polar surface area (TPSA) is 84.8 Å². The molecule has 2 N–H and O–H groups in total. The van der Waals surface area contributed by atoms with Gasteiger partial charge < -0.3 is 24.7 Å². The van der Waals surface area contributed by atoms with E-state index >= 15 is 0 Å². The van der Waals surface area contributed by atoms with E-state index in [2.05, 4.69) is 26.2 Å². The van der Waals surface area contributed by atoms with Crippen molar-refractivity contribution in [3.63, 3.8) is 0 Å². The van der Waals surface area contributed by atoms with Crippen LogP contribution < -0.4 is 20.1 Å². The van der Waals surface area contributed by atoms with Crippen LogP contribution in [-0.4, -0.2) is 48.6 Å². The van der Waals surface area contributed by atoms with Gasteiger partial charge in [-0.3, -0.25) is 14.5 Å². The lowest BCUT2D eigenvalue weighted by Gasteiger charge is -2.25. The molecule has 8 nitrogen and oxygen atoms in total. The number of ether oxygens (including phenoxy) is 2. The van der Waals surface area contributed by atoms with E-state index in [0.717, 1.165) is 19.4 Å². The molecule has 1 atom stereocenters. The third-order valence-corrected chi connectivity index (χ3v) is 6.12. The second-order valence-corrected chi connectivity index (χ2v) is 8.29. The number of hydrogen-bond donors (Lipinski definition) is 2. The first kappa shape index (κ1) is 23.4. The molecule has 1 aromatic heterocycles. The number of benzene rings is 2. The Balaban J connectivity index is 1.48. The monoisotopic (exact) mass is 462 g/mol. The zero-order chi connectivity index (χ0) is 24.1. The maximum Gasteiger partial charge on any atom is 0.255 e. The number of aromatic nitrogens is 1. The van der Waals surface area contributed by atoms with Crippen molar-refractivity contribution in [2.24, 2.45) is 7.05 Å². The van der Waals surface area contributed by atoms with Gasteiger partial charge in [-0.2, -0.15) is 0 Å². The summed E-state index contributed by atoms with van der Waals surface area (Å²) in [5, 5.41) is 5.80. The minimum atomic E-state index is -0.265. The van der Waals surface area contributed by atoms with Gasteiger partial charge in [-0.15, -0.1) is 0 Å². The molecule has 1 aliphatic heterocycles. The summed E-state index contributed by atoms with van der Waals surface area (Å²) < 4.78 is 13.1. The van der Waals surface area contributed by atoms with Gasteiger partial charge in [0.05, 0.1) is 38.2 Å². The molecule has 1 fully saturated rings. The zero-order valence-corrected chi connectivity index (χ0v) is 19.7. The zero-order valence-electron chi connectivity index (χ0n) is 19.7. The van der Waals surface area contributed by atoms with Gasteiger partial charge in [-0.1, -0.05) is 18.2 Å². The van der Waals surface area contributed by atoms with Gasteiger partial charge in [0.15, 0.2) is 0 Å². The van der Waals surface area contributed by atoms with E-state index in [0.29, 0.717) is 28.4 Å². The molecule has 0 aliphatic carbocycles. The fourth-order valence-electron chi connectivity index (χ4n) is 4.42. The number of amides is 2. The standard InChI is InChI=1S/C26H30N4O4/c1-29-13-7-11-21(29)22-12-8-14-30(22)17-25(31)27-19-15-24(34-3)20(16-23(19)33-2)28-26(32)18-9-5-4-6-10-18/h4-7,9-11,13,15-16,22H,8,12,14,17H2,1-3H3,(H,27,31)(H,28,32)/t22-/m1/s1. The summed E-state index contributed by atoms with van der Waals surface area (Å²) in [5.74, 6) is 0.446. The number of nitrogens with zero attached hydrogens (tertiary/aromatic N) is 2. The number of rotatable bonds is 8. The summed E-state index contributed by atoms with van der Waals surface area (Å²) in [7, 11) is 5.06. The van der Waals surface area contributed by atoms with Gasteiger partial charge in [0.25, 0.3) is 5.91 Å². The predicted octanol–water partition coefficient (Wildman–Crippen LogP) is 4.07. The first-order chi connectivity index (χ1) is 16.5. The third kappa shape index (κ3) is 5.07. The molecule has 4 rings (SSSR count). The molecule has 1 aliphatic rings. The fraction of sp³-hybridized carbons (Fsp3) is 0.308. The summed E-state index contributed by atoms with van der Waals surface area (Å²) in [4.78, 5) is 27.8. The molecular weight excluding hydrogens is 432 g/mol. The lowest BCUT2D eigenvalue weighted by molar-refractivity contribution is -0.117. The molecule has 2 aromatic carbocycles. The second kappa shape index (κ2) is 10.4. The molecule has 34 heavy (non-hydrogen) atoms. The largest absolute Gasteiger partial charge is 0.494 e. The number of likely N-dealkylation sites (tertiary alicyclic amines) is 1. The van der Waals surface area contributed by atoms with Crippen LogP contribution in [-0.2, 0) is 11.8 Å². The molecule has 0 saturated carbocycles. The van der Waals surface area contributed by atoms with Crippen LogP contribution in [0, 0.1) is 0 Å². The molecule has 2 heterocycles. The van der Waals surface area contributed by atoms with Crippen molar-refractivity contribution in [3.8, 4) is 11.5 Å². The Kier molecular flexibility index (Phi) is 7.18. The highest BCUT2D eigenvalue weighted by Gasteiger charge is 2.29. The van der Waals surface area contributed by atoms with Gasteiger partial charge >= 0.3 is 0 Å². The molecule has 1 saturated heterocycles. The lowest BCUT2D eigenvalue weighted by atomic mass is 10.1. The minimum absolute atomic E-state index is 0.137. The molecule has 0 unspecified atom stereocenters. The summed E-state index contributed by atoms with van der Waals surface area (Å²) >= 11 is 0. The van der Waals surface area contributed by atoms with E-state index in [9.17, 15) is 9.59 Å². The highest BCUT2D eigenvalue weighted by Crippen LogP contribution is 2.37. The van der Waals surface area contributed by atoms with E-state index in [1.54, 1.807) is 36.4 Å². The fourth-order valence-corrected chi connectivity index (χ4v) is 4.42. The number of methoxy groups -OCH3 is 2. The van der Waals surface area contributed by atoms with Crippen molar-refractivity contribution < 1.29 is 19.1 Å². The summed E-state index contributed by atoms with van der Waals surface area (Å²) in [5.41, 5.74) is 2.67. The molecule has 0 bridgehead atoms. The number of aryl methyl sites for hydroxylation is 1. The maximum absolute atomic E-state index is 13.0. The molecule has 178 valence electrons. The average molecular weight is 463 g/mol. The number of carbonyl (C=O) groups is 2.